The van der Waals surface area contributed by atoms with E-state index in [1.54, 1.807) is 0 Å². The van der Waals surface area contributed by atoms with Crippen LogP contribution in [0.2, 0.25) is 0 Å². The van der Waals surface area contributed by atoms with Crippen LogP contribution in [0.3, 0.4) is 0 Å². The van der Waals surface area contributed by atoms with E-state index in [1.165, 1.54) is 11.1 Å². The Bertz CT molecular complexity index is 511. The van der Waals surface area contributed by atoms with Crippen molar-refractivity contribution in [3.05, 3.63) is 30.1 Å². The van der Waals surface area contributed by atoms with Crippen molar-refractivity contribution in [2.45, 2.75) is 6.54 Å². The molecule has 0 spiro atoms. The van der Waals surface area contributed by atoms with Crippen LogP contribution in [-0.2, 0) is 13.6 Å². The zero-order valence-corrected chi connectivity index (χ0v) is 10.2. The summed E-state index contributed by atoms with van der Waals surface area (Å²) in [5.41, 5.74) is 3.70. The van der Waals surface area contributed by atoms with Crippen LogP contribution < -0.4 is 5.32 Å². The lowest BCUT2D eigenvalue weighted by Crippen LogP contribution is -2.42. The highest BCUT2D eigenvalue weighted by molar-refractivity contribution is 5.78. The normalized spacial score (nSPS) is 17.7. The molecule has 2 aromatic rings. The van der Waals surface area contributed by atoms with Crippen molar-refractivity contribution < 1.29 is 0 Å². The summed E-state index contributed by atoms with van der Waals surface area (Å²) < 4.78 is 2.08. The Morgan fingerprint density at radius 2 is 2.12 bits per heavy atom. The van der Waals surface area contributed by atoms with Gasteiger partial charge in [-0.3, -0.25) is 4.90 Å². The monoisotopic (exact) mass is 230 g/mol. The molecule has 0 amide bonds. The Balaban J connectivity index is 1.89. The van der Waals surface area contributed by atoms with Gasteiger partial charge in [-0.15, -0.1) is 0 Å². The summed E-state index contributed by atoms with van der Waals surface area (Å²) in [6.45, 7) is 5.46. The molecule has 0 unspecified atom stereocenters. The maximum Gasteiger partial charge on any atom is 0.0955 e. The molecule has 2 heterocycles. The summed E-state index contributed by atoms with van der Waals surface area (Å²) in [5.74, 6) is 0. The minimum Gasteiger partial charge on any atom is -0.334 e. The number of aryl methyl sites for hydroxylation is 1. The Morgan fingerprint density at radius 1 is 1.29 bits per heavy atom. The summed E-state index contributed by atoms with van der Waals surface area (Å²) in [6, 6.07) is 6.45. The van der Waals surface area contributed by atoms with E-state index in [1.807, 2.05) is 13.4 Å². The van der Waals surface area contributed by atoms with E-state index in [9.17, 15) is 0 Å². The van der Waals surface area contributed by atoms with Crippen LogP contribution in [0.4, 0.5) is 0 Å². The molecule has 17 heavy (non-hydrogen) atoms. The molecule has 1 aliphatic rings. The smallest absolute Gasteiger partial charge is 0.0955 e. The van der Waals surface area contributed by atoms with E-state index < -0.39 is 0 Å². The number of fused-ring (bicyclic) bond motifs is 1. The summed E-state index contributed by atoms with van der Waals surface area (Å²) in [5, 5.41) is 3.38. The quantitative estimate of drug-likeness (QED) is 0.835. The van der Waals surface area contributed by atoms with Crippen molar-refractivity contribution >= 4 is 11.0 Å². The van der Waals surface area contributed by atoms with Gasteiger partial charge in [0.1, 0.15) is 0 Å². The van der Waals surface area contributed by atoms with Gasteiger partial charge >= 0.3 is 0 Å². The number of piperazine rings is 1. The predicted octanol–water partition coefficient (Wildman–Crippen LogP) is 0.978. The fourth-order valence-electron chi connectivity index (χ4n) is 2.46. The molecule has 3 rings (SSSR count). The second kappa shape index (κ2) is 4.47. The SMILES string of the molecule is Cn1cnc2c(CN3CCNCC3)cccc21. The summed E-state index contributed by atoms with van der Waals surface area (Å²) in [7, 11) is 2.05. The van der Waals surface area contributed by atoms with Gasteiger partial charge in [0.25, 0.3) is 0 Å². The van der Waals surface area contributed by atoms with Crippen molar-refractivity contribution in [3.8, 4) is 0 Å². The minimum absolute atomic E-state index is 1.01. The molecule has 90 valence electrons. The van der Waals surface area contributed by atoms with Crippen molar-refractivity contribution in [2.24, 2.45) is 7.05 Å². The summed E-state index contributed by atoms with van der Waals surface area (Å²) >= 11 is 0. The average Bonchev–Trinajstić information content (AvgIpc) is 2.74. The fourth-order valence-corrected chi connectivity index (χ4v) is 2.46. The van der Waals surface area contributed by atoms with Crippen LogP contribution >= 0.6 is 0 Å². The largest absolute Gasteiger partial charge is 0.334 e. The maximum atomic E-state index is 4.50. The highest BCUT2D eigenvalue weighted by Crippen LogP contribution is 2.18. The number of hydrogen-bond donors (Lipinski definition) is 1. The van der Waals surface area contributed by atoms with Crippen LogP contribution in [0.15, 0.2) is 24.5 Å². The highest BCUT2D eigenvalue weighted by atomic mass is 15.2. The van der Waals surface area contributed by atoms with Crippen molar-refractivity contribution in [2.75, 3.05) is 26.2 Å². The molecular weight excluding hydrogens is 212 g/mol. The maximum absolute atomic E-state index is 4.50. The Hall–Kier alpha value is -1.39. The predicted molar refractivity (Wildman–Crippen MR) is 68.9 cm³/mol. The van der Waals surface area contributed by atoms with E-state index in [0.29, 0.717) is 0 Å². The van der Waals surface area contributed by atoms with Crippen LogP contribution in [0.1, 0.15) is 5.56 Å². The number of para-hydroxylation sites is 1. The van der Waals surface area contributed by atoms with Crippen molar-refractivity contribution in [1.82, 2.24) is 19.8 Å². The van der Waals surface area contributed by atoms with E-state index >= 15 is 0 Å². The molecule has 1 saturated heterocycles. The van der Waals surface area contributed by atoms with E-state index in [-0.39, 0.29) is 0 Å². The topological polar surface area (TPSA) is 33.1 Å². The van der Waals surface area contributed by atoms with Gasteiger partial charge in [0.05, 0.1) is 17.4 Å². The summed E-state index contributed by atoms with van der Waals surface area (Å²) in [6.07, 6.45) is 1.89. The van der Waals surface area contributed by atoms with Crippen molar-refractivity contribution in [3.63, 3.8) is 0 Å². The van der Waals surface area contributed by atoms with Crippen LogP contribution in [0, 0.1) is 0 Å². The van der Waals surface area contributed by atoms with E-state index in [0.717, 1.165) is 38.2 Å². The van der Waals surface area contributed by atoms with E-state index in [2.05, 4.69) is 38.0 Å². The molecule has 0 aliphatic carbocycles. The number of imidazole rings is 1. The molecule has 1 fully saturated rings. The molecule has 1 N–H and O–H groups in total. The number of benzene rings is 1. The fraction of sp³-hybridized carbons (Fsp3) is 0.462. The molecule has 0 radical (unpaired) electrons. The molecule has 0 saturated carbocycles. The van der Waals surface area contributed by atoms with E-state index in [4.69, 9.17) is 0 Å². The minimum atomic E-state index is 1.01. The lowest BCUT2D eigenvalue weighted by Gasteiger charge is -2.27. The molecule has 4 nitrogen and oxygen atoms in total. The van der Waals surface area contributed by atoms with Gasteiger partial charge < -0.3 is 9.88 Å². The third-order valence-corrected chi connectivity index (χ3v) is 3.44. The number of hydrogen-bond acceptors (Lipinski definition) is 3. The Morgan fingerprint density at radius 3 is 2.94 bits per heavy atom. The first-order valence-electron chi connectivity index (χ1n) is 6.16. The number of nitrogens with zero attached hydrogens (tertiary/aromatic N) is 3. The molecule has 1 aliphatic heterocycles. The molecule has 0 bridgehead atoms. The standard InChI is InChI=1S/C13H18N4/c1-16-10-15-13-11(3-2-4-12(13)16)9-17-7-5-14-6-8-17/h2-4,10,14H,5-9H2,1H3. The van der Waals surface area contributed by atoms with Crippen LogP contribution in [-0.4, -0.2) is 40.6 Å². The third-order valence-electron chi connectivity index (χ3n) is 3.44. The lowest BCUT2D eigenvalue weighted by atomic mass is 10.1. The zero-order chi connectivity index (χ0) is 11.7. The van der Waals surface area contributed by atoms with Gasteiger partial charge in [0, 0.05) is 39.8 Å². The number of aromatic nitrogens is 2. The first-order valence-corrected chi connectivity index (χ1v) is 6.16. The Labute approximate surface area is 101 Å². The second-order valence-corrected chi connectivity index (χ2v) is 4.67. The molecule has 4 heteroatoms. The third kappa shape index (κ3) is 2.06. The van der Waals surface area contributed by atoms with Crippen LogP contribution in [0.25, 0.3) is 11.0 Å². The van der Waals surface area contributed by atoms with Gasteiger partial charge in [-0.2, -0.15) is 0 Å². The molecular formula is C13H18N4. The molecule has 0 atom stereocenters. The first-order chi connectivity index (χ1) is 8.34. The van der Waals surface area contributed by atoms with Gasteiger partial charge in [-0.1, -0.05) is 12.1 Å². The number of nitrogens with one attached hydrogen (secondary N) is 1. The van der Waals surface area contributed by atoms with Gasteiger partial charge in [-0.25, -0.2) is 4.98 Å². The number of rotatable bonds is 2. The zero-order valence-electron chi connectivity index (χ0n) is 10.2. The van der Waals surface area contributed by atoms with Gasteiger partial charge in [0.2, 0.25) is 0 Å². The first kappa shape index (κ1) is 10.7. The van der Waals surface area contributed by atoms with Crippen molar-refractivity contribution in [1.29, 1.82) is 0 Å². The van der Waals surface area contributed by atoms with Gasteiger partial charge in [0.15, 0.2) is 0 Å². The summed E-state index contributed by atoms with van der Waals surface area (Å²) in [4.78, 5) is 6.99. The Kier molecular flexibility index (Phi) is 2.82. The average molecular weight is 230 g/mol. The molecule has 1 aromatic heterocycles. The molecule has 1 aromatic carbocycles. The highest BCUT2D eigenvalue weighted by Gasteiger charge is 2.12. The second-order valence-electron chi connectivity index (χ2n) is 4.67. The lowest BCUT2D eigenvalue weighted by molar-refractivity contribution is 0.234. The van der Waals surface area contributed by atoms with Gasteiger partial charge in [-0.05, 0) is 11.6 Å². The van der Waals surface area contributed by atoms with Crippen LogP contribution in [0.5, 0.6) is 0 Å².